The molecule has 0 heterocycles. The molecule has 0 bridgehead atoms. The van der Waals surface area contributed by atoms with E-state index >= 15 is 0 Å². The predicted molar refractivity (Wildman–Crippen MR) is 51.0 cm³/mol. The molecule has 0 unspecified atom stereocenters. The minimum absolute atomic E-state index is 0.0520. The van der Waals surface area contributed by atoms with Gasteiger partial charge in [-0.15, -0.1) is 0 Å². The lowest BCUT2D eigenvalue weighted by Crippen LogP contribution is -2.32. The number of rotatable bonds is 6. The molecular weight excluding hydrogens is 174 g/mol. The topological polar surface area (TPSA) is 29.3 Å². The Morgan fingerprint density at radius 2 is 1.92 bits per heavy atom. The summed E-state index contributed by atoms with van der Waals surface area (Å²) in [4.78, 5) is 1.64. The Hall–Kier alpha value is -0.220. The van der Waals surface area contributed by atoms with Crippen molar-refractivity contribution in [3.8, 4) is 0 Å². The summed E-state index contributed by atoms with van der Waals surface area (Å²) in [5.74, 6) is 0. The lowest BCUT2D eigenvalue weighted by Gasteiger charge is -2.25. The van der Waals surface area contributed by atoms with Gasteiger partial charge >= 0.3 is 0 Å². The first kappa shape index (κ1) is 12.8. The highest BCUT2D eigenvalue weighted by atomic mass is 19.3. The van der Waals surface area contributed by atoms with Crippen LogP contribution in [0.25, 0.3) is 0 Å². The molecule has 2 nitrogen and oxygen atoms in total. The summed E-state index contributed by atoms with van der Waals surface area (Å²) in [6.45, 7) is 5.21. The first-order valence-corrected chi connectivity index (χ1v) is 4.54. The molecule has 0 spiro atoms. The van der Waals surface area contributed by atoms with E-state index in [1.54, 1.807) is 11.9 Å². The zero-order chi connectivity index (χ0) is 10.5. The lowest BCUT2D eigenvalue weighted by atomic mass is 9.89. The van der Waals surface area contributed by atoms with Gasteiger partial charge in [-0.25, -0.2) is 8.78 Å². The van der Waals surface area contributed by atoms with Crippen molar-refractivity contribution < 1.29 is 8.78 Å². The van der Waals surface area contributed by atoms with E-state index in [9.17, 15) is 8.78 Å². The largest absolute Gasteiger partial charge is 0.330 e. The Kier molecular flexibility index (Phi) is 5.40. The Morgan fingerprint density at radius 3 is 2.31 bits per heavy atom. The Morgan fingerprint density at radius 1 is 1.38 bits per heavy atom. The Labute approximate surface area is 79.1 Å². The number of hydrogen-bond donors (Lipinski definition) is 1. The second-order valence-corrected chi connectivity index (χ2v) is 4.27. The average molecular weight is 194 g/mol. The molecule has 80 valence electrons. The Bertz CT molecular complexity index is 138. The molecule has 0 aromatic heterocycles. The van der Waals surface area contributed by atoms with E-state index in [2.05, 4.69) is 0 Å². The van der Waals surface area contributed by atoms with Gasteiger partial charge in [-0.2, -0.15) is 0 Å². The van der Waals surface area contributed by atoms with Crippen LogP contribution in [0.1, 0.15) is 20.3 Å². The van der Waals surface area contributed by atoms with Crippen molar-refractivity contribution in [2.45, 2.75) is 26.7 Å². The van der Waals surface area contributed by atoms with Crippen LogP contribution in [0.2, 0.25) is 0 Å². The van der Waals surface area contributed by atoms with E-state index in [0.29, 0.717) is 13.1 Å². The summed E-state index contributed by atoms with van der Waals surface area (Å²) >= 11 is 0. The van der Waals surface area contributed by atoms with Crippen LogP contribution < -0.4 is 5.73 Å². The third-order valence-electron chi connectivity index (χ3n) is 2.17. The van der Waals surface area contributed by atoms with Crippen LogP contribution in [-0.4, -0.2) is 38.0 Å². The summed E-state index contributed by atoms with van der Waals surface area (Å²) in [6.07, 6.45) is -1.39. The van der Waals surface area contributed by atoms with Crippen LogP contribution in [0.5, 0.6) is 0 Å². The maximum absolute atomic E-state index is 11.9. The van der Waals surface area contributed by atoms with Crippen molar-refractivity contribution in [3.05, 3.63) is 0 Å². The van der Waals surface area contributed by atoms with Gasteiger partial charge in [0.15, 0.2) is 0 Å². The molecule has 0 fully saturated rings. The molecule has 0 rings (SSSR count). The monoisotopic (exact) mass is 194 g/mol. The molecule has 0 saturated heterocycles. The summed E-state index contributed by atoms with van der Waals surface area (Å²) in [5.41, 5.74) is 5.58. The average Bonchev–Trinajstić information content (AvgIpc) is 2.00. The van der Waals surface area contributed by atoms with E-state index in [1.807, 2.05) is 13.8 Å². The molecule has 4 heteroatoms. The quantitative estimate of drug-likeness (QED) is 0.695. The fourth-order valence-electron chi connectivity index (χ4n) is 0.922. The van der Waals surface area contributed by atoms with Crippen molar-refractivity contribution in [1.82, 2.24) is 4.90 Å². The van der Waals surface area contributed by atoms with E-state index in [4.69, 9.17) is 5.73 Å². The van der Waals surface area contributed by atoms with Gasteiger partial charge < -0.3 is 10.6 Å². The zero-order valence-corrected chi connectivity index (χ0v) is 8.69. The third kappa shape index (κ3) is 6.90. The van der Waals surface area contributed by atoms with Gasteiger partial charge in [-0.3, -0.25) is 0 Å². The van der Waals surface area contributed by atoms with Gasteiger partial charge in [0.05, 0.1) is 6.54 Å². The fourth-order valence-corrected chi connectivity index (χ4v) is 0.922. The number of alkyl halides is 2. The first-order chi connectivity index (χ1) is 5.87. The molecule has 0 atom stereocenters. The lowest BCUT2D eigenvalue weighted by molar-refractivity contribution is 0.0946. The van der Waals surface area contributed by atoms with Crippen molar-refractivity contribution in [1.29, 1.82) is 0 Å². The zero-order valence-electron chi connectivity index (χ0n) is 8.69. The van der Waals surface area contributed by atoms with Gasteiger partial charge in [-0.05, 0) is 32.0 Å². The molecule has 0 aromatic rings. The highest BCUT2D eigenvalue weighted by molar-refractivity contribution is 4.70. The van der Waals surface area contributed by atoms with Gasteiger partial charge in [0, 0.05) is 0 Å². The van der Waals surface area contributed by atoms with E-state index in [0.717, 1.165) is 6.42 Å². The molecular formula is C9H20F2N2. The second kappa shape index (κ2) is 5.50. The van der Waals surface area contributed by atoms with E-state index in [1.165, 1.54) is 0 Å². The molecule has 0 aliphatic carbocycles. The highest BCUT2D eigenvalue weighted by Crippen LogP contribution is 2.18. The highest BCUT2D eigenvalue weighted by Gasteiger charge is 2.17. The normalized spacial score (nSPS) is 12.9. The van der Waals surface area contributed by atoms with Crippen LogP contribution in [0.4, 0.5) is 8.78 Å². The number of nitrogens with zero attached hydrogens (tertiary/aromatic N) is 1. The maximum atomic E-state index is 11.9. The standard InChI is InChI=1S/C9H20F2N2/c1-9(2,7-12)4-5-13(3)6-8(10)11/h8H,4-7,12H2,1-3H3. The molecule has 0 saturated carbocycles. The number of hydrogen-bond acceptors (Lipinski definition) is 2. The Balaban J connectivity index is 3.63. The van der Waals surface area contributed by atoms with Gasteiger partial charge in [-0.1, -0.05) is 13.8 Å². The van der Waals surface area contributed by atoms with Crippen LogP contribution in [0.3, 0.4) is 0 Å². The maximum Gasteiger partial charge on any atom is 0.251 e. The minimum atomic E-state index is -2.24. The van der Waals surface area contributed by atoms with Gasteiger partial charge in [0.25, 0.3) is 6.43 Å². The molecule has 0 aromatic carbocycles. The second-order valence-electron chi connectivity index (χ2n) is 4.27. The van der Waals surface area contributed by atoms with Crippen LogP contribution in [-0.2, 0) is 0 Å². The number of nitrogens with two attached hydrogens (primary N) is 1. The predicted octanol–water partition coefficient (Wildman–Crippen LogP) is 1.56. The number of halogens is 2. The molecule has 0 aliphatic rings. The summed E-state index contributed by atoms with van der Waals surface area (Å²) in [6, 6.07) is 0. The molecule has 0 aliphatic heterocycles. The van der Waals surface area contributed by atoms with Gasteiger partial charge in [0.1, 0.15) is 0 Å². The van der Waals surface area contributed by atoms with Crippen LogP contribution in [0.15, 0.2) is 0 Å². The first-order valence-electron chi connectivity index (χ1n) is 4.54. The summed E-state index contributed by atoms with van der Waals surface area (Å²) in [7, 11) is 1.71. The van der Waals surface area contributed by atoms with E-state index in [-0.39, 0.29) is 12.0 Å². The smallest absolute Gasteiger partial charge is 0.251 e. The van der Waals surface area contributed by atoms with E-state index < -0.39 is 6.43 Å². The SMILES string of the molecule is CN(CCC(C)(C)CN)CC(F)F. The summed E-state index contributed by atoms with van der Waals surface area (Å²) in [5, 5.41) is 0. The van der Waals surface area contributed by atoms with Crippen molar-refractivity contribution in [2.24, 2.45) is 11.1 Å². The van der Waals surface area contributed by atoms with Crippen molar-refractivity contribution >= 4 is 0 Å². The van der Waals surface area contributed by atoms with Gasteiger partial charge in [0.2, 0.25) is 0 Å². The third-order valence-corrected chi connectivity index (χ3v) is 2.17. The molecule has 0 radical (unpaired) electrons. The molecule has 2 N–H and O–H groups in total. The minimum Gasteiger partial charge on any atom is -0.330 e. The fraction of sp³-hybridized carbons (Fsp3) is 1.00. The van der Waals surface area contributed by atoms with Crippen molar-refractivity contribution in [2.75, 3.05) is 26.7 Å². The summed E-state index contributed by atoms with van der Waals surface area (Å²) < 4.78 is 23.8. The van der Waals surface area contributed by atoms with Crippen LogP contribution >= 0.6 is 0 Å². The van der Waals surface area contributed by atoms with Crippen LogP contribution in [0, 0.1) is 5.41 Å². The molecule has 13 heavy (non-hydrogen) atoms. The van der Waals surface area contributed by atoms with Crippen molar-refractivity contribution in [3.63, 3.8) is 0 Å². The molecule has 0 amide bonds.